The van der Waals surface area contributed by atoms with Crippen LogP contribution in [0.15, 0.2) is 170 Å². The number of halogens is 9. The minimum Gasteiger partial charge on any atom is -0.326 e. The van der Waals surface area contributed by atoms with Crippen LogP contribution in [0.2, 0.25) is 0 Å². The number of likely N-dealkylation sites (N-methyl/N-ethyl adjacent to an activating group) is 3. The lowest BCUT2D eigenvalue weighted by atomic mass is 10.0. The van der Waals surface area contributed by atoms with Crippen molar-refractivity contribution >= 4 is 73.2 Å². The van der Waals surface area contributed by atoms with Gasteiger partial charge in [0, 0.05) is 212 Å². The maximum atomic E-state index is 13.9. The second kappa shape index (κ2) is 35.3. The van der Waals surface area contributed by atoms with Gasteiger partial charge in [0.1, 0.15) is 0 Å². The molecule has 0 radical (unpaired) electrons. The molecule has 0 spiro atoms. The highest BCUT2D eigenvalue weighted by molar-refractivity contribution is 6.00. The molecule has 3 aliphatic rings. The van der Waals surface area contributed by atoms with Crippen molar-refractivity contribution in [1.29, 1.82) is 0 Å². The number of pyridine rings is 3. The van der Waals surface area contributed by atoms with Gasteiger partial charge in [0.2, 0.25) is 11.8 Å². The van der Waals surface area contributed by atoms with Crippen LogP contribution in [0.5, 0.6) is 0 Å². The third-order valence-corrected chi connectivity index (χ3v) is 21.0. The van der Waals surface area contributed by atoms with Gasteiger partial charge in [-0.25, -0.2) is 4.79 Å². The van der Waals surface area contributed by atoms with E-state index in [1.807, 2.05) is 141 Å². The second-order valence-corrected chi connectivity index (χ2v) is 29.9. The molecule has 9 heterocycles. The van der Waals surface area contributed by atoms with Crippen molar-refractivity contribution in [2.45, 2.75) is 64.9 Å². The number of carbonyl (C=O) groups excluding carboxylic acids is 3. The number of aryl methyl sites for hydroxylation is 5. The van der Waals surface area contributed by atoms with E-state index in [9.17, 15) is 53.9 Å². The number of carbonyl (C=O) groups is 3. The zero-order valence-electron chi connectivity index (χ0n) is 65.5. The summed E-state index contributed by atoms with van der Waals surface area (Å²) in [6.45, 7) is 13.7. The summed E-state index contributed by atoms with van der Waals surface area (Å²) in [6, 6.07) is 40.6. The minimum atomic E-state index is -4.54. The number of hydrogen-bond donors (Lipinski definition) is 4. The maximum Gasteiger partial charge on any atom is 0.416 e. The van der Waals surface area contributed by atoms with Crippen molar-refractivity contribution in [3.8, 4) is 33.8 Å². The van der Waals surface area contributed by atoms with Crippen LogP contribution >= 0.6 is 0 Å². The highest BCUT2D eigenvalue weighted by atomic mass is 19.4. The van der Waals surface area contributed by atoms with Gasteiger partial charge in [-0.1, -0.05) is 60.7 Å². The van der Waals surface area contributed by atoms with E-state index in [4.69, 9.17) is 0 Å². The maximum absolute atomic E-state index is 13.9. The van der Waals surface area contributed by atoms with E-state index in [-0.39, 0.29) is 66.4 Å². The summed E-state index contributed by atoms with van der Waals surface area (Å²) in [5.41, 5.74) is 6.44. The Bertz CT molecular complexity index is 5310. The van der Waals surface area contributed by atoms with E-state index in [1.165, 1.54) is 30.3 Å². The summed E-state index contributed by atoms with van der Waals surface area (Å²) in [5, 5.41) is 29.8. The van der Waals surface area contributed by atoms with Gasteiger partial charge in [-0.05, 0) is 146 Å². The van der Waals surface area contributed by atoms with Crippen LogP contribution < -0.4 is 21.3 Å². The molecular formula is C85H90F9N19O3. The molecule has 6 aromatic carbocycles. The monoisotopic (exact) mass is 1600 g/mol. The van der Waals surface area contributed by atoms with Gasteiger partial charge in [-0.3, -0.25) is 58.6 Å². The third-order valence-electron chi connectivity index (χ3n) is 21.0. The predicted molar refractivity (Wildman–Crippen MR) is 431 cm³/mol. The standard InChI is InChI=1S/C29H31F3N6O.C28H30F3N7O.C28H29F3N6O/c1-19-12-21-6-7-22(15-24(21)17-33-19)26-16-27(35-37(26)3)34-28(39)14-20-4-5-23(25(13-20)29(30,31)32)18-38-10-8-36(2)9-11-38;1-18-12-19-4-5-20(13-22(19)16-32-18)25-15-26(35-37(25)3)34-27(39)33-23-7-6-21(24(14-23)28(29,30)31)17-38-10-8-36(2)9-11-38;1-35-9-11-37(12-10-35)18-21-5-6-23(14-25(21)28(29,30)31)33-27(38)16-24-15-26(36(2)34-24)20-4-3-19-7-8-32-17-22(19)13-20/h4-7,12-13,15-17H,8-11,14,18H2,1-3H3,(H,34,35,39);4-7,12-16H,8-11,17H2,1-3H3,(H2,33,34,35,39);3-8,13-15,17H,9-12,16,18H2,1-2H3,(H,33,38). The molecule has 3 fully saturated rings. The quantitative estimate of drug-likeness (QED) is 0.0625. The first-order chi connectivity index (χ1) is 55.2. The Balaban J connectivity index is 0.000000151. The van der Waals surface area contributed by atoms with E-state index in [2.05, 4.69) is 66.2 Å². The Morgan fingerprint density at radius 1 is 0.371 bits per heavy atom. The number of anilines is 4. The summed E-state index contributed by atoms with van der Waals surface area (Å²) in [6.07, 6.45) is -6.66. The highest BCUT2D eigenvalue weighted by Gasteiger charge is 2.37. The van der Waals surface area contributed by atoms with E-state index >= 15 is 0 Å². The molecule has 31 heteroatoms. The van der Waals surface area contributed by atoms with Crippen molar-refractivity contribution < 1.29 is 53.9 Å². The molecule has 3 aliphatic heterocycles. The molecule has 116 heavy (non-hydrogen) atoms. The Morgan fingerprint density at radius 3 is 1.23 bits per heavy atom. The average Bonchev–Trinajstić information content (AvgIpc) is 1.77. The van der Waals surface area contributed by atoms with E-state index in [0.717, 1.165) is 148 Å². The van der Waals surface area contributed by atoms with Gasteiger partial charge in [-0.15, -0.1) is 0 Å². The molecule has 6 aromatic heterocycles. The minimum absolute atomic E-state index is 0.0513. The van der Waals surface area contributed by atoms with Gasteiger partial charge in [0.05, 0.1) is 52.3 Å². The summed E-state index contributed by atoms with van der Waals surface area (Å²) >= 11 is 0. The number of benzene rings is 6. The molecule has 0 atom stereocenters. The normalized spacial score (nSPS) is 15.1. The van der Waals surface area contributed by atoms with Gasteiger partial charge in [0.25, 0.3) is 0 Å². The van der Waals surface area contributed by atoms with Crippen LogP contribution in [-0.2, 0) is 81.7 Å². The smallest absolute Gasteiger partial charge is 0.326 e. The molecule has 4 amide bonds. The first-order valence-corrected chi connectivity index (χ1v) is 37.9. The van der Waals surface area contributed by atoms with Crippen LogP contribution in [0.25, 0.3) is 66.1 Å². The van der Waals surface area contributed by atoms with Gasteiger partial charge in [-0.2, -0.15) is 54.8 Å². The largest absolute Gasteiger partial charge is 0.416 e. The number of amides is 4. The third kappa shape index (κ3) is 21.1. The van der Waals surface area contributed by atoms with E-state index in [1.54, 1.807) is 65.8 Å². The van der Waals surface area contributed by atoms with Crippen molar-refractivity contribution in [1.82, 2.24) is 73.7 Å². The summed E-state index contributed by atoms with van der Waals surface area (Å²) in [5.74, 6) is -0.257. The topological polar surface area (TPSA) is 211 Å². The van der Waals surface area contributed by atoms with Crippen molar-refractivity contribution in [2.75, 3.05) is 121 Å². The first-order valence-electron chi connectivity index (χ1n) is 37.9. The zero-order valence-corrected chi connectivity index (χ0v) is 65.5. The average molecular weight is 1600 g/mol. The molecule has 0 aliphatic carbocycles. The molecule has 12 aromatic rings. The zero-order chi connectivity index (χ0) is 82.3. The lowest BCUT2D eigenvalue weighted by Crippen LogP contribution is -2.44. The number of urea groups is 1. The number of rotatable bonds is 17. The van der Waals surface area contributed by atoms with E-state index < -0.39 is 53.1 Å². The van der Waals surface area contributed by atoms with Crippen LogP contribution in [0.1, 0.15) is 56.0 Å². The number of piperazine rings is 3. The number of aromatic nitrogens is 9. The Kier molecular flexibility index (Phi) is 25.1. The first kappa shape index (κ1) is 82.5. The van der Waals surface area contributed by atoms with Crippen LogP contribution in [0.3, 0.4) is 0 Å². The SMILES string of the molecule is CN1CCN(Cc2ccc(NC(=O)Cc3cc(-c4ccc5ccncc5c4)n(C)n3)cc2C(F)(F)F)CC1.Cc1cc2ccc(-c3cc(NC(=O)Cc4ccc(CN5CCN(C)CC5)c(C(F)(F)F)c4)nn3C)cc2cn1.Cc1cc2ccc(-c3cc(NC(=O)Nc4ccc(CN5CCN(C)CC5)c(C(F)(F)F)c4)nn3C)cc2cn1. The fourth-order valence-electron chi connectivity index (χ4n) is 14.6. The number of nitrogens with one attached hydrogen (secondary N) is 4. The van der Waals surface area contributed by atoms with Gasteiger partial charge >= 0.3 is 24.6 Å². The van der Waals surface area contributed by atoms with Crippen LogP contribution in [-0.4, -0.2) is 191 Å². The molecule has 15 rings (SSSR count). The van der Waals surface area contributed by atoms with Crippen LogP contribution in [0.4, 0.5) is 67.3 Å². The molecular weight excluding hydrogens is 1510 g/mol. The molecule has 22 nitrogen and oxygen atoms in total. The van der Waals surface area contributed by atoms with E-state index in [0.29, 0.717) is 43.3 Å². The molecule has 3 saturated heterocycles. The number of alkyl halides is 9. The second-order valence-electron chi connectivity index (χ2n) is 29.9. The fourth-order valence-corrected chi connectivity index (χ4v) is 14.6. The van der Waals surface area contributed by atoms with Gasteiger partial charge in [0.15, 0.2) is 11.6 Å². The van der Waals surface area contributed by atoms with Crippen molar-refractivity contribution in [3.63, 3.8) is 0 Å². The number of nitrogens with zero attached hydrogens (tertiary/aromatic N) is 15. The molecule has 0 bridgehead atoms. The summed E-state index contributed by atoms with van der Waals surface area (Å²) in [4.78, 5) is 63.6. The molecule has 0 unspecified atom stereocenters. The molecule has 606 valence electrons. The lowest BCUT2D eigenvalue weighted by Gasteiger charge is -2.33. The summed E-state index contributed by atoms with van der Waals surface area (Å²) < 4.78 is 130. The Hall–Kier alpha value is -11.5. The van der Waals surface area contributed by atoms with Gasteiger partial charge < -0.3 is 30.7 Å². The van der Waals surface area contributed by atoms with Crippen molar-refractivity contribution in [2.24, 2.45) is 21.1 Å². The summed E-state index contributed by atoms with van der Waals surface area (Å²) in [7, 11) is 11.3. The Morgan fingerprint density at radius 2 is 0.767 bits per heavy atom. The highest BCUT2D eigenvalue weighted by Crippen LogP contribution is 2.39. The number of hydrogen-bond acceptors (Lipinski definition) is 15. The molecule has 4 N–H and O–H groups in total. The fraction of sp³-hybridized carbons (Fsp3) is 0.329. The van der Waals surface area contributed by atoms with Crippen molar-refractivity contribution in [3.05, 3.63) is 226 Å². The van der Waals surface area contributed by atoms with Crippen LogP contribution in [0, 0.1) is 13.8 Å². The predicted octanol–water partition coefficient (Wildman–Crippen LogP) is 14.8. The Labute approximate surface area is 664 Å². The molecule has 0 saturated carbocycles. The number of fused-ring (bicyclic) bond motifs is 3. The lowest BCUT2D eigenvalue weighted by molar-refractivity contribution is -0.139.